The Hall–Kier alpha value is -3.12. The highest BCUT2D eigenvalue weighted by atomic mass is 79.9. The maximum atomic E-state index is 12.7. The molecule has 0 unspecified atom stereocenters. The van der Waals surface area contributed by atoms with Crippen molar-refractivity contribution in [2.24, 2.45) is 0 Å². The average Bonchev–Trinajstić information content (AvgIpc) is 2.74. The summed E-state index contributed by atoms with van der Waals surface area (Å²) in [5.74, 6) is 0.106. The van der Waals surface area contributed by atoms with Gasteiger partial charge < -0.3 is 15.4 Å². The van der Waals surface area contributed by atoms with Crippen LogP contribution in [0.3, 0.4) is 0 Å². The van der Waals surface area contributed by atoms with E-state index < -0.39 is 0 Å². The standard InChI is InChI=1S/C24H23BrN2O3/c1-16(2)30-22-13-12-18(14-20(22)25)23(28)27-21-11-7-6-10-19(21)24(29)26-15-17-8-4-3-5-9-17/h3-14,16H,15H2,1-2H3,(H,26,29)(H,27,28). The molecular weight excluding hydrogens is 444 g/mol. The van der Waals surface area contributed by atoms with E-state index in [0.29, 0.717) is 33.6 Å². The van der Waals surface area contributed by atoms with Crippen LogP contribution in [0, 0.1) is 0 Å². The third-order valence-corrected chi connectivity index (χ3v) is 4.89. The fourth-order valence-electron chi connectivity index (χ4n) is 2.85. The first-order chi connectivity index (χ1) is 14.4. The summed E-state index contributed by atoms with van der Waals surface area (Å²) in [6, 6.07) is 21.7. The summed E-state index contributed by atoms with van der Waals surface area (Å²) in [5.41, 5.74) is 2.31. The zero-order valence-corrected chi connectivity index (χ0v) is 18.4. The van der Waals surface area contributed by atoms with E-state index in [1.54, 1.807) is 42.5 Å². The largest absolute Gasteiger partial charge is 0.490 e. The molecule has 5 nitrogen and oxygen atoms in total. The number of ether oxygens (including phenoxy) is 1. The van der Waals surface area contributed by atoms with E-state index in [0.717, 1.165) is 5.56 Å². The lowest BCUT2D eigenvalue weighted by Crippen LogP contribution is -2.24. The predicted octanol–water partition coefficient (Wildman–Crippen LogP) is 5.42. The van der Waals surface area contributed by atoms with Crippen molar-refractivity contribution in [1.29, 1.82) is 0 Å². The molecule has 0 heterocycles. The molecule has 0 saturated heterocycles. The monoisotopic (exact) mass is 466 g/mol. The predicted molar refractivity (Wildman–Crippen MR) is 122 cm³/mol. The molecule has 0 saturated carbocycles. The average molecular weight is 467 g/mol. The molecule has 0 radical (unpaired) electrons. The van der Waals surface area contributed by atoms with Crippen LogP contribution in [0.1, 0.15) is 40.1 Å². The first-order valence-corrected chi connectivity index (χ1v) is 10.4. The van der Waals surface area contributed by atoms with Crippen LogP contribution in [0.2, 0.25) is 0 Å². The van der Waals surface area contributed by atoms with Crippen LogP contribution in [0.5, 0.6) is 5.75 Å². The summed E-state index contributed by atoms with van der Waals surface area (Å²) in [6.07, 6.45) is 0.0299. The Labute approximate surface area is 184 Å². The molecule has 6 heteroatoms. The quantitative estimate of drug-likeness (QED) is 0.488. The molecule has 0 aliphatic carbocycles. The summed E-state index contributed by atoms with van der Waals surface area (Å²) >= 11 is 3.44. The molecular formula is C24H23BrN2O3. The zero-order chi connectivity index (χ0) is 21.5. The highest BCUT2D eigenvalue weighted by Gasteiger charge is 2.15. The van der Waals surface area contributed by atoms with E-state index in [1.807, 2.05) is 44.2 Å². The number of halogens is 1. The van der Waals surface area contributed by atoms with Crippen LogP contribution in [0.15, 0.2) is 77.3 Å². The molecule has 2 N–H and O–H groups in total. The van der Waals surface area contributed by atoms with Gasteiger partial charge in [-0.1, -0.05) is 42.5 Å². The minimum absolute atomic E-state index is 0.0299. The molecule has 3 aromatic carbocycles. The maximum Gasteiger partial charge on any atom is 0.255 e. The molecule has 0 atom stereocenters. The van der Waals surface area contributed by atoms with Crippen molar-refractivity contribution < 1.29 is 14.3 Å². The fraction of sp³-hybridized carbons (Fsp3) is 0.167. The van der Waals surface area contributed by atoms with Crippen molar-refractivity contribution in [3.63, 3.8) is 0 Å². The van der Waals surface area contributed by atoms with Gasteiger partial charge in [-0.3, -0.25) is 9.59 Å². The summed E-state index contributed by atoms with van der Waals surface area (Å²) in [6.45, 7) is 4.28. The molecule has 0 aromatic heterocycles. The van der Waals surface area contributed by atoms with E-state index in [4.69, 9.17) is 4.74 Å². The van der Waals surface area contributed by atoms with Gasteiger partial charge in [0.1, 0.15) is 5.75 Å². The van der Waals surface area contributed by atoms with Gasteiger partial charge in [-0.05, 0) is 65.7 Å². The van der Waals surface area contributed by atoms with Gasteiger partial charge in [-0.25, -0.2) is 0 Å². The Morgan fingerprint density at radius 2 is 1.63 bits per heavy atom. The van der Waals surface area contributed by atoms with Gasteiger partial charge in [0, 0.05) is 12.1 Å². The maximum absolute atomic E-state index is 12.7. The Balaban J connectivity index is 1.72. The van der Waals surface area contributed by atoms with E-state index in [1.165, 1.54) is 0 Å². The molecule has 0 spiro atoms. The Morgan fingerprint density at radius 3 is 2.33 bits per heavy atom. The van der Waals surface area contributed by atoms with Crippen LogP contribution in [0.25, 0.3) is 0 Å². The molecule has 30 heavy (non-hydrogen) atoms. The number of anilines is 1. The number of hydrogen-bond donors (Lipinski definition) is 2. The first kappa shape index (κ1) is 21.6. The number of carbonyl (C=O) groups is 2. The highest BCUT2D eigenvalue weighted by Crippen LogP contribution is 2.27. The molecule has 0 bridgehead atoms. The lowest BCUT2D eigenvalue weighted by atomic mass is 10.1. The van der Waals surface area contributed by atoms with Gasteiger partial charge in [-0.2, -0.15) is 0 Å². The molecule has 0 aliphatic heterocycles. The van der Waals surface area contributed by atoms with Crippen LogP contribution >= 0.6 is 15.9 Å². The Kier molecular flexibility index (Phi) is 7.25. The van der Waals surface area contributed by atoms with Crippen molar-refractivity contribution in [2.45, 2.75) is 26.5 Å². The van der Waals surface area contributed by atoms with Crippen molar-refractivity contribution in [3.05, 3.63) is 94.0 Å². The summed E-state index contributed by atoms with van der Waals surface area (Å²) in [5, 5.41) is 5.72. The molecule has 3 aromatic rings. The minimum Gasteiger partial charge on any atom is -0.490 e. The number of rotatable bonds is 7. The van der Waals surface area contributed by atoms with Crippen molar-refractivity contribution in [2.75, 3.05) is 5.32 Å². The van der Waals surface area contributed by atoms with Crippen LogP contribution in [-0.4, -0.2) is 17.9 Å². The van der Waals surface area contributed by atoms with Crippen molar-refractivity contribution in [1.82, 2.24) is 5.32 Å². The SMILES string of the molecule is CC(C)Oc1ccc(C(=O)Nc2ccccc2C(=O)NCc2ccccc2)cc1Br. The van der Waals surface area contributed by atoms with E-state index >= 15 is 0 Å². The summed E-state index contributed by atoms with van der Waals surface area (Å²) in [4.78, 5) is 25.4. The van der Waals surface area contributed by atoms with E-state index in [-0.39, 0.29) is 17.9 Å². The number of amides is 2. The number of para-hydroxylation sites is 1. The number of nitrogens with one attached hydrogen (secondary N) is 2. The van der Waals surface area contributed by atoms with Crippen LogP contribution < -0.4 is 15.4 Å². The van der Waals surface area contributed by atoms with Crippen molar-refractivity contribution in [3.8, 4) is 5.75 Å². The Morgan fingerprint density at radius 1 is 0.933 bits per heavy atom. The van der Waals surface area contributed by atoms with Gasteiger partial charge in [-0.15, -0.1) is 0 Å². The zero-order valence-electron chi connectivity index (χ0n) is 16.8. The van der Waals surface area contributed by atoms with Gasteiger partial charge in [0.05, 0.1) is 21.8 Å². The van der Waals surface area contributed by atoms with Gasteiger partial charge in [0.2, 0.25) is 0 Å². The summed E-state index contributed by atoms with van der Waals surface area (Å²) in [7, 11) is 0. The number of carbonyl (C=O) groups excluding carboxylic acids is 2. The first-order valence-electron chi connectivity index (χ1n) is 9.62. The lowest BCUT2D eigenvalue weighted by Gasteiger charge is -2.14. The second kappa shape index (κ2) is 10.1. The smallest absolute Gasteiger partial charge is 0.255 e. The molecule has 0 aliphatic rings. The third kappa shape index (κ3) is 5.70. The number of benzene rings is 3. The van der Waals surface area contributed by atoms with Gasteiger partial charge in [0.25, 0.3) is 11.8 Å². The second-order valence-corrected chi connectivity index (χ2v) is 7.83. The van der Waals surface area contributed by atoms with E-state index in [2.05, 4.69) is 26.6 Å². The lowest BCUT2D eigenvalue weighted by molar-refractivity contribution is 0.0952. The minimum atomic E-state index is -0.310. The van der Waals surface area contributed by atoms with Gasteiger partial charge >= 0.3 is 0 Å². The second-order valence-electron chi connectivity index (χ2n) is 6.98. The van der Waals surface area contributed by atoms with Gasteiger partial charge in [0.15, 0.2) is 0 Å². The van der Waals surface area contributed by atoms with Crippen LogP contribution in [0.4, 0.5) is 5.69 Å². The topological polar surface area (TPSA) is 67.4 Å². The highest BCUT2D eigenvalue weighted by molar-refractivity contribution is 9.10. The fourth-order valence-corrected chi connectivity index (χ4v) is 3.32. The number of hydrogen-bond acceptors (Lipinski definition) is 3. The molecule has 154 valence electrons. The molecule has 3 rings (SSSR count). The van der Waals surface area contributed by atoms with Crippen LogP contribution in [-0.2, 0) is 6.54 Å². The van der Waals surface area contributed by atoms with Crippen molar-refractivity contribution >= 4 is 33.4 Å². The summed E-state index contributed by atoms with van der Waals surface area (Å²) < 4.78 is 6.37. The normalized spacial score (nSPS) is 10.5. The molecule has 2 amide bonds. The molecule has 0 fully saturated rings. The van der Waals surface area contributed by atoms with E-state index in [9.17, 15) is 9.59 Å². The third-order valence-electron chi connectivity index (χ3n) is 4.27. The Bertz CT molecular complexity index is 1040.